The van der Waals surface area contributed by atoms with Crippen LogP contribution in [0.2, 0.25) is 0 Å². The van der Waals surface area contributed by atoms with Crippen molar-refractivity contribution in [2.24, 2.45) is 5.92 Å². The molecule has 0 aliphatic carbocycles. The largest absolute Gasteiger partial charge is 0.478 e. The van der Waals surface area contributed by atoms with E-state index in [1.165, 1.54) is 12.1 Å². The minimum atomic E-state index is -1.00. The molecule has 3 aliphatic rings. The van der Waals surface area contributed by atoms with Gasteiger partial charge in [-0.15, -0.1) is 0 Å². The molecule has 2 bridgehead atoms. The molecule has 0 saturated carbocycles. The fraction of sp³-hybridized carbons (Fsp3) is 0.467. The molecule has 0 spiro atoms. The van der Waals surface area contributed by atoms with Crippen LogP contribution in [0, 0.1) is 5.92 Å². The van der Waals surface area contributed by atoms with Crippen molar-refractivity contribution in [1.29, 1.82) is 0 Å². The van der Waals surface area contributed by atoms with Crippen molar-refractivity contribution in [2.45, 2.75) is 18.9 Å². The van der Waals surface area contributed by atoms with Gasteiger partial charge in [-0.25, -0.2) is 9.59 Å². The van der Waals surface area contributed by atoms with Crippen LogP contribution in [0.15, 0.2) is 24.3 Å². The van der Waals surface area contributed by atoms with E-state index >= 15 is 0 Å². The number of nitrogens with one attached hydrogen (secondary N) is 2. The second-order valence-electron chi connectivity index (χ2n) is 5.73. The Morgan fingerprint density at radius 1 is 1.24 bits per heavy atom. The molecule has 3 heterocycles. The summed E-state index contributed by atoms with van der Waals surface area (Å²) in [5.74, 6) is -0.442. The molecule has 112 valence electrons. The first-order chi connectivity index (χ1) is 10.1. The Morgan fingerprint density at radius 2 is 2.00 bits per heavy atom. The number of urea groups is 1. The summed E-state index contributed by atoms with van der Waals surface area (Å²) in [6.45, 7) is 3.17. The fourth-order valence-electron chi connectivity index (χ4n) is 3.19. The maximum absolute atomic E-state index is 12.0. The predicted octanol–water partition coefficient (Wildman–Crippen LogP) is 1.60. The van der Waals surface area contributed by atoms with Gasteiger partial charge in [0.1, 0.15) is 0 Å². The smallest absolute Gasteiger partial charge is 0.335 e. The van der Waals surface area contributed by atoms with Gasteiger partial charge in [-0.05, 0) is 50.0 Å². The van der Waals surface area contributed by atoms with Gasteiger partial charge in [0.05, 0.1) is 5.56 Å². The molecule has 6 heteroatoms. The van der Waals surface area contributed by atoms with Crippen molar-refractivity contribution < 1.29 is 14.7 Å². The van der Waals surface area contributed by atoms with Gasteiger partial charge in [0, 0.05) is 18.3 Å². The van der Waals surface area contributed by atoms with Crippen LogP contribution in [0.5, 0.6) is 0 Å². The Morgan fingerprint density at radius 3 is 2.62 bits per heavy atom. The van der Waals surface area contributed by atoms with Crippen LogP contribution in [0.3, 0.4) is 0 Å². The summed E-state index contributed by atoms with van der Waals surface area (Å²) in [6, 6.07) is 6.18. The number of nitrogens with zero attached hydrogens (tertiary/aromatic N) is 1. The van der Waals surface area contributed by atoms with E-state index in [4.69, 9.17) is 5.11 Å². The summed E-state index contributed by atoms with van der Waals surface area (Å²) < 4.78 is 0. The van der Waals surface area contributed by atoms with Gasteiger partial charge in [0.2, 0.25) is 0 Å². The number of fused-ring (bicyclic) bond motifs is 3. The lowest BCUT2D eigenvalue weighted by Gasteiger charge is -2.44. The molecule has 3 N–H and O–H groups in total. The minimum absolute atomic E-state index is 0.163. The Labute approximate surface area is 123 Å². The number of rotatable bonds is 3. The number of benzene rings is 1. The lowest BCUT2D eigenvalue weighted by molar-refractivity contribution is 0.0697. The van der Waals surface area contributed by atoms with Crippen LogP contribution in [0.25, 0.3) is 0 Å². The number of amides is 2. The number of hydrogen-bond donors (Lipinski definition) is 3. The second kappa shape index (κ2) is 5.73. The zero-order chi connectivity index (χ0) is 14.8. The normalized spacial score (nSPS) is 27.1. The molecule has 1 atom stereocenters. The Balaban J connectivity index is 1.59. The number of carbonyl (C=O) groups excluding carboxylic acids is 1. The Bertz CT molecular complexity index is 553. The van der Waals surface area contributed by atoms with Crippen LogP contribution in [-0.4, -0.2) is 47.7 Å². The SMILES string of the molecule is O=C(Nc1cccc(C(=O)O)c1)NC1CN2CCC1CC2. The Kier molecular flexibility index (Phi) is 3.79. The number of carboxylic acid groups (broad SMARTS) is 1. The molecule has 3 fully saturated rings. The van der Waals surface area contributed by atoms with E-state index in [1.807, 2.05) is 0 Å². The zero-order valence-electron chi connectivity index (χ0n) is 11.7. The number of piperidine rings is 3. The van der Waals surface area contributed by atoms with Crippen molar-refractivity contribution in [3.63, 3.8) is 0 Å². The molecule has 1 unspecified atom stereocenters. The van der Waals surface area contributed by atoms with E-state index in [0.717, 1.165) is 32.5 Å². The number of anilines is 1. The summed E-state index contributed by atoms with van der Waals surface area (Å²) >= 11 is 0. The highest BCUT2D eigenvalue weighted by atomic mass is 16.4. The van der Waals surface area contributed by atoms with Gasteiger partial charge in [-0.2, -0.15) is 0 Å². The van der Waals surface area contributed by atoms with Crippen LogP contribution < -0.4 is 10.6 Å². The van der Waals surface area contributed by atoms with Crippen LogP contribution in [-0.2, 0) is 0 Å². The van der Waals surface area contributed by atoms with Gasteiger partial charge in [0.25, 0.3) is 0 Å². The maximum atomic E-state index is 12.0. The average Bonchev–Trinajstić information content (AvgIpc) is 2.48. The average molecular weight is 289 g/mol. The molecule has 21 heavy (non-hydrogen) atoms. The standard InChI is InChI=1S/C15H19N3O3/c19-14(20)11-2-1-3-12(8-11)16-15(21)17-13-9-18-6-4-10(13)5-7-18/h1-3,8,10,13H,4-7,9H2,(H,19,20)(H2,16,17,21). The molecule has 1 aromatic rings. The molecule has 0 aromatic heterocycles. The van der Waals surface area contributed by atoms with E-state index in [0.29, 0.717) is 11.6 Å². The molecule has 6 nitrogen and oxygen atoms in total. The fourth-order valence-corrected chi connectivity index (χ4v) is 3.19. The first-order valence-corrected chi connectivity index (χ1v) is 7.25. The van der Waals surface area contributed by atoms with E-state index in [2.05, 4.69) is 15.5 Å². The van der Waals surface area contributed by atoms with Gasteiger partial charge in [0.15, 0.2) is 0 Å². The second-order valence-corrected chi connectivity index (χ2v) is 5.73. The Hall–Kier alpha value is -2.08. The highest BCUT2D eigenvalue weighted by Crippen LogP contribution is 2.27. The highest BCUT2D eigenvalue weighted by molar-refractivity contribution is 5.93. The van der Waals surface area contributed by atoms with Crippen molar-refractivity contribution in [1.82, 2.24) is 10.2 Å². The number of hydrogen-bond acceptors (Lipinski definition) is 3. The van der Waals surface area contributed by atoms with E-state index in [1.54, 1.807) is 12.1 Å². The summed E-state index contributed by atoms with van der Waals surface area (Å²) in [6.07, 6.45) is 2.28. The van der Waals surface area contributed by atoms with Crippen molar-refractivity contribution in [2.75, 3.05) is 25.0 Å². The molecule has 1 aromatic carbocycles. The molecular weight excluding hydrogens is 270 g/mol. The van der Waals surface area contributed by atoms with Gasteiger partial charge >= 0.3 is 12.0 Å². The van der Waals surface area contributed by atoms with E-state index in [-0.39, 0.29) is 17.6 Å². The maximum Gasteiger partial charge on any atom is 0.335 e. The molecule has 2 amide bonds. The third-order valence-electron chi connectivity index (χ3n) is 4.34. The summed E-state index contributed by atoms with van der Waals surface area (Å²) in [7, 11) is 0. The molecule has 0 radical (unpaired) electrons. The lowest BCUT2D eigenvalue weighted by Crippen LogP contribution is -2.57. The van der Waals surface area contributed by atoms with Crippen molar-refractivity contribution >= 4 is 17.7 Å². The zero-order valence-corrected chi connectivity index (χ0v) is 11.7. The monoisotopic (exact) mass is 289 g/mol. The third-order valence-corrected chi connectivity index (χ3v) is 4.34. The quantitative estimate of drug-likeness (QED) is 0.789. The van der Waals surface area contributed by atoms with Crippen molar-refractivity contribution in [3.8, 4) is 0 Å². The van der Waals surface area contributed by atoms with E-state index < -0.39 is 5.97 Å². The van der Waals surface area contributed by atoms with Gasteiger partial charge < -0.3 is 20.6 Å². The van der Waals surface area contributed by atoms with Crippen LogP contribution >= 0.6 is 0 Å². The van der Waals surface area contributed by atoms with E-state index in [9.17, 15) is 9.59 Å². The van der Waals surface area contributed by atoms with Gasteiger partial charge in [-0.1, -0.05) is 6.07 Å². The number of carbonyl (C=O) groups is 2. The van der Waals surface area contributed by atoms with Crippen molar-refractivity contribution in [3.05, 3.63) is 29.8 Å². The van der Waals surface area contributed by atoms with Crippen LogP contribution in [0.4, 0.5) is 10.5 Å². The highest BCUT2D eigenvalue weighted by Gasteiger charge is 2.34. The summed E-state index contributed by atoms with van der Waals surface area (Å²) in [4.78, 5) is 25.3. The first kappa shape index (κ1) is 13.9. The lowest BCUT2D eigenvalue weighted by atomic mass is 9.84. The van der Waals surface area contributed by atoms with Crippen LogP contribution in [0.1, 0.15) is 23.2 Å². The molecule has 4 rings (SSSR count). The predicted molar refractivity (Wildman–Crippen MR) is 78.5 cm³/mol. The summed E-state index contributed by atoms with van der Waals surface area (Å²) in [5.41, 5.74) is 0.657. The minimum Gasteiger partial charge on any atom is -0.478 e. The number of aromatic carboxylic acids is 1. The number of carboxylic acids is 1. The van der Waals surface area contributed by atoms with Gasteiger partial charge in [-0.3, -0.25) is 0 Å². The summed E-state index contributed by atoms with van der Waals surface area (Å²) in [5, 5.41) is 14.7. The molecular formula is C15H19N3O3. The topological polar surface area (TPSA) is 81.7 Å². The molecule has 3 saturated heterocycles. The molecule has 3 aliphatic heterocycles. The first-order valence-electron chi connectivity index (χ1n) is 7.25. The third kappa shape index (κ3) is 3.16.